The van der Waals surface area contributed by atoms with Crippen molar-refractivity contribution < 1.29 is 8.78 Å². The van der Waals surface area contributed by atoms with Gasteiger partial charge in [-0.05, 0) is 14.1 Å². The van der Waals surface area contributed by atoms with Crippen molar-refractivity contribution in [3.63, 3.8) is 0 Å². The topological polar surface area (TPSA) is 6.48 Å². The van der Waals surface area contributed by atoms with Crippen molar-refractivity contribution in [1.29, 1.82) is 0 Å². The molecule has 4 heteroatoms. The molecule has 0 aliphatic carbocycles. The van der Waals surface area contributed by atoms with Crippen LogP contribution in [0.25, 0.3) is 0 Å². The van der Waals surface area contributed by atoms with Gasteiger partial charge in [0.1, 0.15) is 0 Å². The fraction of sp³-hybridized carbons (Fsp3) is 1.00. The van der Waals surface area contributed by atoms with Gasteiger partial charge < -0.3 is 0 Å². The second-order valence-corrected chi connectivity index (χ2v) is 2.83. The maximum atomic E-state index is 12.7. The Labute approximate surface area is 59.4 Å². The number of hydrogen-bond acceptors (Lipinski definition) is 2. The summed E-state index contributed by atoms with van der Waals surface area (Å²) in [7, 11) is 3.16. The van der Waals surface area contributed by atoms with E-state index in [9.17, 15) is 8.78 Å². The first-order valence-electron chi connectivity index (χ1n) is 3.30. The Balaban J connectivity index is 2.55. The number of likely N-dealkylation sites (N-methyl/N-ethyl adjacent to an activating group) is 2. The summed E-state index contributed by atoms with van der Waals surface area (Å²) in [6.45, 7) is 1.03. The molecule has 10 heavy (non-hydrogen) atoms. The van der Waals surface area contributed by atoms with Crippen molar-refractivity contribution in [1.82, 2.24) is 9.80 Å². The fourth-order valence-electron chi connectivity index (χ4n) is 1.01. The minimum atomic E-state index is -2.63. The Morgan fingerprint density at radius 3 is 2.20 bits per heavy atom. The van der Waals surface area contributed by atoms with E-state index in [2.05, 4.69) is 0 Å². The predicted octanol–water partition coefficient (Wildman–Crippen LogP) is 0.456. The number of alkyl halides is 2. The maximum absolute atomic E-state index is 12.7. The smallest absolute Gasteiger partial charge is 0.298 e. The second kappa shape index (κ2) is 2.43. The van der Waals surface area contributed by atoms with Gasteiger partial charge in [-0.2, -0.15) is 8.78 Å². The molecule has 60 valence electrons. The molecule has 2 nitrogen and oxygen atoms in total. The molecular formula is C6H12F2N2. The Morgan fingerprint density at radius 1 is 1.20 bits per heavy atom. The van der Waals surface area contributed by atoms with Gasteiger partial charge in [-0.25, -0.2) is 4.90 Å². The van der Waals surface area contributed by atoms with E-state index >= 15 is 0 Å². The SMILES string of the molecule is CN1CCN(C)C(F)(F)C1. The zero-order chi connectivity index (χ0) is 7.78. The predicted molar refractivity (Wildman–Crippen MR) is 35.1 cm³/mol. The molecule has 0 unspecified atom stereocenters. The zero-order valence-electron chi connectivity index (χ0n) is 6.27. The average Bonchev–Trinajstić information content (AvgIpc) is 1.78. The van der Waals surface area contributed by atoms with Crippen LogP contribution in [0.4, 0.5) is 8.78 Å². The Hall–Kier alpha value is -0.220. The van der Waals surface area contributed by atoms with E-state index in [1.807, 2.05) is 0 Å². The van der Waals surface area contributed by atoms with Gasteiger partial charge in [0.2, 0.25) is 0 Å². The Morgan fingerprint density at radius 2 is 1.80 bits per heavy atom. The highest BCUT2D eigenvalue weighted by atomic mass is 19.3. The van der Waals surface area contributed by atoms with E-state index in [0.29, 0.717) is 6.54 Å². The van der Waals surface area contributed by atoms with Gasteiger partial charge in [-0.15, -0.1) is 0 Å². The molecule has 0 bridgehead atoms. The number of halogens is 2. The van der Waals surface area contributed by atoms with Crippen LogP contribution in [-0.4, -0.2) is 49.6 Å². The normalized spacial score (nSPS) is 28.8. The van der Waals surface area contributed by atoms with Crippen LogP contribution in [0, 0.1) is 0 Å². The number of nitrogens with zero attached hydrogens (tertiary/aromatic N) is 2. The second-order valence-electron chi connectivity index (χ2n) is 2.83. The van der Waals surface area contributed by atoms with Crippen LogP contribution in [0.15, 0.2) is 0 Å². The summed E-state index contributed by atoms with van der Waals surface area (Å²) in [4.78, 5) is 2.73. The number of piperazine rings is 1. The van der Waals surface area contributed by atoms with Crippen LogP contribution in [0.3, 0.4) is 0 Å². The minimum absolute atomic E-state index is 0.149. The van der Waals surface area contributed by atoms with Gasteiger partial charge in [-0.1, -0.05) is 0 Å². The summed E-state index contributed by atoms with van der Waals surface area (Å²) in [6, 6.07) is -2.63. The van der Waals surface area contributed by atoms with E-state index in [4.69, 9.17) is 0 Å². The standard InChI is InChI=1S/C6H12F2N2/c1-9-3-4-10(2)6(7,8)5-9/h3-5H2,1-2H3. The number of rotatable bonds is 0. The third kappa shape index (κ3) is 1.44. The van der Waals surface area contributed by atoms with Crippen LogP contribution >= 0.6 is 0 Å². The lowest BCUT2D eigenvalue weighted by Crippen LogP contribution is -2.54. The van der Waals surface area contributed by atoms with Gasteiger partial charge in [0.05, 0.1) is 6.54 Å². The van der Waals surface area contributed by atoms with Crippen LogP contribution in [0.1, 0.15) is 0 Å². The monoisotopic (exact) mass is 150 g/mol. The third-order valence-electron chi connectivity index (χ3n) is 1.84. The summed E-state index contributed by atoms with van der Waals surface area (Å²) in [6.07, 6.45) is 0. The lowest BCUT2D eigenvalue weighted by atomic mass is 10.3. The summed E-state index contributed by atoms with van der Waals surface area (Å²) in [5, 5.41) is 0. The highest BCUT2D eigenvalue weighted by molar-refractivity contribution is 4.76. The first-order chi connectivity index (χ1) is 4.52. The first kappa shape index (κ1) is 7.88. The van der Waals surface area contributed by atoms with Crippen LogP contribution in [0.5, 0.6) is 0 Å². The highest BCUT2D eigenvalue weighted by Crippen LogP contribution is 2.21. The molecule has 1 rings (SSSR count). The third-order valence-corrected chi connectivity index (χ3v) is 1.84. The molecule has 0 saturated carbocycles. The quantitative estimate of drug-likeness (QED) is 0.463. The van der Waals surface area contributed by atoms with Crippen LogP contribution < -0.4 is 0 Å². The van der Waals surface area contributed by atoms with Crippen molar-refractivity contribution in [2.24, 2.45) is 0 Å². The Kier molecular flexibility index (Phi) is 1.92. The Bertz CT molecular complexity index is 127. The minimum Gasteiger partial charge on any atom is -0.298 e. The number of hydrogen-bond donors (Lipinski definition) is 0. The highest BCUT2D eigenvalue weighted by Gasteiger charge is 2.38. The van der Waals surface area contributed by atoms with E-state index < -0.39 is 6.05 Å². The van der Waals surface area contributed by atoms with Gasteiger partial charge in [0.15, 0.2) is 0 Å². The lowest BCUT2D eigenvalue weighted by molar-refractivity contribution is -0.169. The van der Waals surface area contributed by atoms with Crippen LogP contribution in [-0.2, 0) is 0 Å². The van der Waals surface area contributed by atoms with Gasteiger partial charge in [-0.3, -0.25) is 4.90 Å². The van der Waals surface area contributed by atoms with Gasteiger partial charge >= 0.3 is 6.05 Å². The molecule has 0 radical (unpaired) electrons. The van der Waals surface area contributed by atoms with Crippen molar-refractivity contribution in [2.45, 2.75) is 6.05 Å². The van der Waals surface area contributed by atoms with Crippen molar-refractivity contribution in [3.05, 3.63) is 0 Å². The van der Waals surface area contributed by atoms with Gasteiger partial charge in [0.25, 0.3) is 0 Å². The average molecular weight is 150 g/mol. The molecule has 1 saturated heterocycles. The first-order valence-corrected chi connectivity index (χ1v) is 3.30. The molecular weight excluding hydrogens is 138 g/mol. The van der Waals surface area contributed by atoms with Crippen molar-refractivity contribution in [3.8, 4) is 0 Å². The summed E-state index contributed by atoms with van der Waals surface area (Å²) in [5.41, 5.74) is 0. The summed E-state index contributed by atoms with van der Waals surface area (Å²) in [5.74, 6) is 0. The van der Waals surface area contributed by atoms with E-state index in [1.165, 1.54) is 7.05 Å². The zero-order valence-corrected chi connectivity index (χ0v) is 6.27. The van der Waals surface area contributed by atoms with E-state index in [1.54, 1.807) is 11.9 Å². The van der Waals surface area contributed by atoms with Crippen molar-refractivity contribution in [2.75, 3.05) is 33.7 Å². The fourth-order valence-corrected chi connectivity index (χ4v) is 1.01. The molecule has 0 aromatic carbocycles. The van der Waals surface area contributed by atoms with Gasteiger partial charge in [0, 0.05) is 13.1 Å². The molecule has 0 spiro atoms. The van der Waals surface area contributed by atoms with E-state index in [-0.39, 0.29) is 6.54 Å². The molecule has 1 aliphatic heterocycles. The largest absolute Gasteiger partial charge is 0.317 e. The molecule has 1 heterocycles. The molecule has 0 atom stereocenters. The van der Waals surface area contributed by atoms with E-state index in [0.717, 1.165) is 11.4 Å². The molecule has 0 amide bonds. The molecule has 0 aromatic rings. The molecule has 1 fully saturated rings. The van der Waals surface area contributed by atoms with Crippen LogP contribution in [0.2, 0.25) is 0 Å². The summed E-state index contributed by atoms with van der Waals surface area (Å²) >= 11 is 0. The van der Waals surface area contributed by atoms with Crippen molar-refractivity contribution >= 4 is 0 Å². The molecule has 1 aliphatic rings. The summed E-state index contributed by atoms with van der Waals surface area (Å²) < 4.78 is 25.5. The maximum Gasteiger partial charge on any atom is 0.317 e. The lowest BCUT2D eigenvalue weighted by Gasteiger charge is -2.36. The molecule has 0 aromatic heterocycles. The molecule has 0 N–H and O–H groups in total.